The number of halogens is 1. The van der Waals surface area contributed by atoms with E-state index in [9.17, 15) is 9.50 Å². The number of fused-ring (bicyclic) bond motifs is 1. The van der Waals surface area contributed by atoms with E-state index >= 15 is 0 Å². The molecule has 0 amide bonds. The number of β-amino-alcohol motifs (C(OH)–C–C–N with tert-alkyl or cyclic N) is 1. The van der Waals surface area contributed by atoms with Crippen molar-refractivity contribution < 1.29 is 9.50 Å². The zero-order valence-corrected chi connectivity index (χ0v) is 17.6. The normalized spacial score (nSPS) is 19.6. The highest BCUT2D eigenvalue weighted by Gasteiger charge is 2.28. The number of aromatic nitrogens is 3. The van der Waals surface area contributed by atoms with Crippen LogP contribution in [0.4, 0.5) is 16.0 Å². The monoisotopic (exact) mass is 424 g/mol. The van der Waals surface area contributed by atoms with E-state index in [1.807, 2.05) is 22.8 Å². The van der Waals surface area contributed by atoms with E-state index in [-0.39, 0.29) is 12.4 Å². The van der Waals surface area contributed by atoms with Crippen LogP contribution in [-0.2, 0) is 6.54 Å². The Hall–Kier alpha value is -2.71. The van der Waals surface area contributed by atoms with E-state index in [4.69, 9.17) is 4.98 Å². The van der Waals surface area contributed by atoms with Crippen molar-refractivity contribution in [3.05, 3.63) is 53.5 Å². The average molecular weight is 425 g/mol. The molecule has 1 atom stereocenters. The Morgan fingerprint density at radius 1 is 1.19 bits per heavy atom. The molecule has 3 heterocycles. The summed E-state index contributed by atoms with van der Waals surface area (Å²) in [6.45, 7) is 3.32. The number of aliphatic hydroxyl groups excluding tert-OH is 1. The highest BCUT2D eigenvalue weighted by Crippen LogP contribution is 2.42. The van der Waals surface area contributed by atoms with Gasteiger partial charge in [0.25, 0.3) is 0 Å². The highest BCUT2D eigenvalue weighted by molar-refractivity contribution is 5.62. The molecule has 5 rings (SSSR count). The summed E-state index contributed by atoms with van der Waals surface area (Å²) in [5, 5.41) is 20.9. The number of nitrogens with one attached hydrogen (secondary N) is 2. The molecule has 3 N–H and O–H groups in total. The van der Waals surface area contributed by atoms with E-state index in [2.05, 4.69) is 20.6 Å². The van der Waals surface area contributed by atoms with Gasteiger partial charge in [0.05, 0.1) is 12.8 Å². The molecule has 1 aliphatic carbocycles. The second kappa shape index (κ2) is 8.80. The maximum absolute atomic E-state index is 13.6. The molecule has 0 spiro atoms. The smallest absolute Gasteiger partial charge is 0.163 e. The maximum Gasteiger partial charge on any atom is 0.163 e. The molecule has 2 aliphatic rings. The first-order valence-corrected chi connectivity index (χ1v) is 11.2. The fourth-order valence-electron chi connectivity index (χ4n) is 4.43. The molecule has 7 nitrogen and oxygen atoms in total. The lowest BCUT2D eigenvalue weighted by molar-refractivity contribution is 0.166. The van der Waals surface area contributed by atoms with Crippen molar-refractivity contribution in [3.63, 3.8) is 0 Å². The van der Waals surface area contributed by atoms with Gasteiger partial charge >= 0.3 is 0 Å². The zero-order chi connectivity index (χ0) is 21.2. The van der Waals surface area contributed by atoms with Gasteiger partial charge in [-0.1, -0.05) is 12.1 Å². The molecule has 1 aliphatic heterocycles. The van der Waals surface area contributed by atoms with Gasteiger partial charge in [-0.2, -0.15) is 9.61 Å². The minimum atomic E-state index is -0.235. The summed E-state index contributed by atoms with van der Waals surface area (Å²) in [7, 11) is 0. The third kappa shape index (κ3) is 4.65. The molecular formula is C23H29FN6O. The summed E-state index contributed by atoms with van der Waals surface area (Å²) in [4.78, 5) is 7.20. The molecule has 0 radical (unpaired) electrons. The number of hydrogen-bond donors (Lipinski definition) is 3. The molecule has 1 unspecified atom stereocenters. The first-order chi connectivity index (χ1) is 15.2. The number of rotatable bonds is 8. The van der Waals surface area contributed by atoms with Crippen LogP contribution in [0.5, 0.6) is 0 Å². The second-order valence-corrected chi connectivity index (χ2v) is 8.63. The van der Waals surface area contributed by atoms with Crippen LogP contribution in [-0.4, -0.2) is 56.9 Å². The van der Waals surface area contributed by atoms with Crippen LogP contribution in [0, 0.1) is 5.82 Å². The lowest BCUT2D eigenvalue weighted by Crippen LogP contribution is -2.43. The average Bonchev–Trinajstić information content (AvgIpc) is 3.52. The first-order valence-electron chi connectivity index (χ1n) is 11.2. The van der Waals surface area contributed by atoms with E-state index in [0.29, 0.717) is 25.0 Å². The molecule has 3 aromatic rings. The van der Waals surface area contributed by atoms with Gasteiger partial charge in [0, 0.05) is 37.3 Å². The van der Waals surface area contributed by atoms with Gasteiger partial charge in [0.2, 0.25) is 0 Å². The number of piperidine rings is 1. The Kier molecular flexibility index (Phi) is 5.74. The van der Waals surface area contributed by atoms with E-state index in [1.165, 1.54) is 24.5 Å². The number of anilines is 2. The van der Waals surface area contributed by atoms with Gasteiger partial charge < -0.3 is 15.7 Å². The summed E-state index contributed by atoms with van der Waals surface area (Å²) < 4.78 is 15.4. The van der Waals surface area contributed by atoms with Crippen molar-refractivity contribution in [3.8, 4) is 0 Å². The third-order valence-corrected chi connectivity index (χ3v) is 6.15. The molecular weight excluding hydrogens is 395 g/mol. The van der Waals surface area contributed by atoms with Crippen molar-refractivity contribution >= 4 is 17.3 Å². The Bertz CT molecular complexity index is 1050. The lowest BCUT2D eigenvalue weighted by atomic mass is 10.1. The number of likely N-dealkylation sites (tertiary alicyclic amines) is 1. The number of benzene rings is 1. The fourth-order valence-corrected chi connectivity index (χ4v) is 4.43. The first kappa shape index (κ1) is 20.2. The molecule has 1 aromatic carbocycles. The summed E-state index contributed by atoms with van der Waals surface area (Å²) in [6.07, 6.45) is 6.48. The van der Waals surface area contributed by atoms with Gasteiger partial charge in [-0.25, -0.2) is 9.37 Å². The highest BCUT2D eigenvalue weighted by atomic mass is 19.1. The van der Waals surface area contributed by atoms with Crippen molar-refractivity contribution in [2.45, 2.75) is 44.2 Å². The van der Waals surface area contributed by atoms with Crippen LogP contribution in [0.25, 0.3) is 5.65 Å². The van der Waals surface area contributed by atoms with E-state index in [1.54, 1.807) is 12.1 Å². The Morgan fingerprint density at radius 2 is 2.10 bits per heavy atom. The van der Waals surface area contributed by atoms with Crippen LogP contribution in [0.2, 0.25) is 0 Å². The number of nitrogens with zero attached hydrogens (tertiary/aromatic N) is 4. The van der Waals surface area contributed by atoms with Crippen molar-refractivity contribution in [1.29, 1.82) is 0 Å². The molecule has 2 fully saturated rings. The van der Waals surface area contributed by atoms with Crippen molar-refractivity contribution in [1.82, 2.24) is 19.5 Å². The second-order valence-electron chi connectivity index (χ2n) is 8.63. The SMILES string of the molecule is OCCN1CCCC(Nc2cc(NCc3cccc(F)c3)n3ncc(C4CC4)c3n2)C1. The maximum atomic E-state index is 13.6. The Labute approximate surface area is 181 Å². The number of hydrogen-bond acceptors (Lipinski definition) is 6. The Balaban J connectivity index is 1.40. The molecule has 8 heteroatoms. The van der Waals surface area contributed by atoms with Gasteiger partial charge in [-0.3, -0.25) is 4.90 Å². The predicted octanol–water partition coefficient (Wildman–Crippen LogP) is 3.23. The molecule has 164 valence electrons. The lowest BCUT2D eigenvalue weighted by Gasteiger charge is -2.33. The van der Waals surface area contributed by atoms with Crippen LogP contribution in [0.3, 0.4) is 0 Å². The Morgan fingerprint density at radius 3 is 2.90 bits per heavy atom. The van der Waals surface area contributed by atoms with Gasteiger partial charge in [0.15, 0.2) is 5.65 Å². The van der Waals surface area contributed by atoms with Crippen LogP contribution >= 0.6 is 0 Å². The largest absolute Gasteiger partial charge is 0.395 e. The third-order valence-electron chi connectivity index (χ3n) is 6.15. The van der Waals surface area contributed by atoms with Crippen LogP contribution in [0.1, 0.15) is 42.7 Å². The topological polar surface area (TPSA) is 77.7 Å². The van der Waals surface area contributed by atoms with Crippen molar-refractivity contribution in [2.75, 3.05) is 36.9 Å². The van der Waals surface area contributed by atoms with Gasteiger partial charge in [-0.05, 0) is 55.8 Å². The summed E-state index contributed by atoms with van der Waals surface area (Å²) in [5.74, 6) is 1.98. The molecule has 31 heavy (non-hydrogen) atoms. The van der Waals surface area contributed by atoms with Gasteiger partial charge in [0.1, 0.15) is 17.5 Å². The minimum absolute atomic E-state index is 0.186. The predicted molar refractivity (Wildman–Crippen MR) is 119 cm³/mol. The fraction of sp³-hybridized carbons (Fsp3) is 0.478. The summed E-state index contributed by atoms with van der Waals surface area (Å²) in [5.41, 5.74) is 2.96. The summed E-state index contributed by atoms with van der Waals surface area (Å²) >= 11 is 0. The number of aliphatic hydroxyl groups is 1. The molecule has 1 saturated carbocycles. The standard InChI is InChI=1S/C23H29FN6O/c24-18-4-1-3-16(11-18)13-25-22-12-21(27-19-5-2-8-29(15-19)9-10-31)28-23-20(17-6-7-17)14-26-30(22)23/h1,3-4,11-12,14,17,19,25,31H,2,5-10,13,15H2,(H,27,28). The molecule has 0 bridgehead atoms. The van der Waals surface area contributed by atoms with Crippen LogP contribution < -0.4 is 10.6 Å². The van der Waals surface area contributed by atoms with E-state index in [0.717, 1.165) is 48.8 Å². The quantitative estimate of drug-likeness (QED) is 0.515. The van der Waals surface area contributed by atoms with Gasteiger partial charge in [-0.15, -0.1) is 0 Å². The molecule has 2 aromatic heterocycles. The van der Waals surface area contributed by atoms with Crippen molar-refractivity contribution in [2.24, 2.45) is 0 Å². The van der Waals surface area contributed by atoms with Crippen LogP contribution in [0.15, 0.2) is 36.5 Å². The minimum Gasteiger partial charge on any atom is -0.395 e. The summed E-state index contributed by atoms with van der Waals surface area (Å²) in [6, 6.07) is 8.91. The van der Waals surface area contributed by atoms with E-state index < -0.39 is 0 Å². The zero-order valence-electron chi connectivity index (χ0n) is 17.6. The molecule has 1 saturated heterocycles.